The Bertz CT molecular complexity index is 637. The van der Waals surface area contributed by atoms with Crippen LogP contribution in [0.3, 0.4) is 0 Å². The molecule has 0 radical (unpaired) electrons. The van der Waals surface area contributed by atoms with Crippen molar-refractivity contribution >= 4 is 15.7 Å². The van der Waals surface area contributed by atoms with Gasteiger partial charge in [-0.05, 0) is 18.4 Å². The van der Waals surface area contributed by atoms with Crippen LogP contribution in [0, 0.1) is 0 Å². The zero-order valence-corrected chi connectivity index (χ0v) is 14.2. The van der Waals surface area contributed by atoms with Crippen LogP contribution < -0.4 is 0 Å². The van der Waals surface area contributed by atoms with Crippen molar-refractivity contribution in [3.8, 4) is 0 Å². The topological polar surface area (TPSA) is 57.7 Å². The summed E-state index contributed by atoms with van der Waals surface area (Å²) in [4.78, 5) is 16.5. The second-order valence-corrected chi connectivity index (χ2v) is 8.69. The van der Waals surface area contributed by atoms with E-state index in [4.69, 9.17) is 0 Å². The molecular formula is C17H24N2O3S. The van der Waals surface area contributed by atoms with Gasteiger partial charge in [-0.15, -0.1) is 0 Å². The lowest BCUT2D eigenvalue weighted by Gasteiger charge is -2.37. The minimum absolute atomic E-state index is 0.154. The molecule has 0 aromatic heterocycles. The SMILES string of the molecule is O=C(CCc1ccccc1)N1CCN([C@H]2CCS(=O)(=O)C2)CC1. The molecule has 0 aliphatic carbocycles. The highest BCUT2D eigenvalue weighted by atomic mass is 32.2. The van der Waals surface area contributed by atoms with E-state index in [9.17, 15) is 13.2 Å². The minimum atomic E-state index is -2.84. The molecule has 1 amide bonds. The third-order valence-electron chi connectivity index (χ3n) is 4.86. The molecular weight excluding hydrogens is 312 g/mol. The maximum Gasteiger partial charge on any atom is 0.222 e. The minimum Gasteiger partial charge on any atom is -0.340 e. The van der Waals surface area contributed by atoms with E-state index in [1.807, 2.05) is 35.2 Å². The Morgan fingerprint density at radius 2 is 1.78 bits per heavy atom. The molecule has 0 N–H and O–H groups in total. The first-order valence-corrected chi connectivity index (χ1v) is 10.1. The van der Waals surface area contributed by atoms with E-state index < -0.39 is 9.84 Å². The average Bonchev–Trinajstić information content (AvgIpc) is 2.94. The summed E-state index contributed by atoms with van der Waals surface area (Å²) in [6.45, 7) is 3.00. The van der Waals surface area contributed by atoms with E-state index >= 15 is 0 Å². The Hall–Kier alpha value is -1.40. The van der Waals surface area contributed by atoms with Crippen LogP contribution in [0.4, 0.5) is 0 Å². The Morgan fingerprint density at radius 1 is 1.09 bits per heavy atom. The van der Waals surface area contributed by atoms with Crippen molar-refractivity contribution in [2.45, 2.75) is 25.3 Å². The fraction of sp³-hybridized carbons (Fsp3) is 0.588. The first-order valence-electron chi connectivity index (χ1n) is 8.30. The Balaban J connectivity index is 1.44. The Morgan fingerprint density at radius 3 is 2.39 bits per heavy atom. The third kappa shape index (κ3) is 4.32. The number of sulfone groups is 1. The number of piperazine rings is 1. The van der Waals surface area contributed by atoms with E-state index in [0.29, 0.717) is 25.3 Å². The van der Waals surface area contributed by atoms with Gasteiger partial charge in [-0.25, -0.2) is 8.42 Å². The fourth-order valence-electron chi connectivity index (χ4n) is 3.45. The van der Waals surface area contributed by atoms with E-state index in [0.717, 1.165) is 25.9 Å². The lowest BCUT2D eigenvalue weighted by Crippen LogP contribution is -2.52. The number of hydrogen-bond donors (Lipinski definition) is 0. The molecule has 126 valence electrons. The monoisotopic (exact) mass is 336 g/mol. The normalized spacial score (nSPS) is 24.7. The standard InChI is InChI=1S/C17H24N2O3S/c20-17(7-6-15-4-2-1-3-5-15)19-11-9-18(10-12-19)16-8-13-23(21,22)14-16/h1-5,16H,6-14H2/t16-/m0/s1. The van der Waals surface area contributed by atoms with Crippen molar-refractivity contribution in [3.05, 3.63) is 35.9 Å². The van der Waals surface area contributed by atoms with Gasteiger partial charge >= 0.3 is 0 Å². The lowest BCUT2D eigenvalue weighted by molar-refractivity contribution is -0.133. The summed E-state index contributed by atoms with van der Waals surface area (Å²) in [5.41, 5.74) is 1.19. The molecule has 2 saturated heterocycles. The van der Waals surface area contributed by atoms with Crippen LogP contribution in [-0.2, 0) is 21.1 Å². The molecule has 1 aromatic rings. The smallest absolute Gasteiger partial charge is 0.222 e. The van der Waals surface area contributed by atoms with Crippen LogP contribution >= 0.6 is 0 Å². The van der Waals surface area contributed by atoms with Crippen LogP contribution in [0.5, 0.6) is 0 Å². The summed E-state index contributed by atoms with van der Waals surface area (Å²) in [5.74, 6) is 0.801. The van der Waals surface area contributed by atoms with Crippen molar-refractivity contribution in [1.29, 1.82) is 0 Å². The Labute approximate surface area is 138 Å². The van der Waals surface area contributed by atoms with E-state index in [-0.39, 0.29) is 17.7 Å². The lowest BCUT2D eigenvalue weighted by atomic mass is 10.1. The number of carbonyl (C=O) groups is 1. The number of nitrogens with zero attached hydrogens (tertiary/aromatic N) is 2. The molecule has 2 aliphatic rings. The van der Waals surface area contributed by atoms with Gasteiger partial charge in [0.15, 0.2) is 9.84 Å². The van der Waals surface area contributed by atoms with Crippen molar-refractivity contribution in [3.63, 3.8) is 0 Å². The molecule has 2 heterocycles. The van der Waals surface area contributed by atoms with Crippen LogP contribution in [0.1, 0.15) is 18.4 Å². The molecule has 1 atom stereocenters. The fourth-order valence-corrected chi connectivity index (χ4v) is 5.22. The van der Waals surface area contributed by atoms with Crippen LogP contribution in [-0.4, -0.2) is 67.9 Å². The number of carbonyl (C=O) groups excluding carboxylic acids is 1. The van der Waals surface area contributed by atoms with Gasteiger partial charge in [0.25, 0.3) is 0 Å². The number of rotatable bonds is 4. The van der Waals surface area contributed by atoms with Crippen molar-refractivity contribution in [2.75, 3.05) is 37.7 Å². The summed E-state index contributed by atoms with van der Waals surface area (Å²) in [6, 6.07) is 10.2. The van der Waals surface area contributed by atoms with Gasteiger partial charge in [-0.1, -0.05) is 30.3 Å². The summed E-state index contributed by atoms with van der Waals surface area (Å²) in [6.07, 6.45) is 2.06. The quantitative estimate of drug-likeness (QED) is 0.821. The number of amides is 1. The van der Waals surface area contributed by atoms with Crippen LogP contribution in [0.15, 0.2) is 30.3 Å². The molecule has 2 fully saturated rings. The predicted octanol–water partition coefficient (Wildman–Crippen LogP) is 0.951. The Kier molecular flexibility index (Phi) is 5.02. The second kappa shape index (κ2) is 7.01. The van der Waals surface area contributed by atoms with Gasteiger partial charge in [0.05, 0.1) is 11.5 Å². The molecule has 3 rings (SSSR count). The number of benzene rings is 1. The van der Waals surface area contributed by atoms with Gasteiger partial charge in [-0.2, -0.15) is 0 Å². The number of aryl methyl sites for hydroxylation is 1. The maximum absolute atomic E-state index is 12.3. The van der Waals surface area contributed by atoms with Gasteiger partial charge < -0.3 is 4.90 Å². The molecule has 0 bridgehead atoms. The van der Waals surface area contributed by atoms with Gasteiger partial charge in [0.2, 0.25) is 5.91 Å². The third-order valence-corrected chi connectivity index (χ3v) is 6.61. The summed E-state index contributed by atoms with van der Waals surface area (Å²) < 4.78 is 23.2. The summed E-state index contributed by atoms with van der Waals surface area (Å²) >= 11 is 0. The summed E-state index contributed by atoms with van der Waals surface area (Å²) in [7, 11) is -2.84. The second-order valence-electron chi connectivity index (χ2n) is 6.46. The molecule has 6 heteroatoms. The van der Waals surface area contributed by atoms with Crippen molar-refractivity contribution < 1.29 is 13.2 Å². The molecule has 0 spiro atoms. The summed E-state index contributed by atoms with van der Waals surface area (Å²) in [5, 5.41) is 0. The average molecular weight is 336 g/mol. The molecule has 1 aromatic carbocycles. The molecule has 2 aliphatic heterocycles. The highest BCUT2D eigenvalue weighted by Crippen LogP contribution is 2.19. The van der Waals surface area contributed by atoms with Gasteiger partial charge in [0.1, 0.15) is 0 Å². The maximum atomic E-state index is 12.3. The van der Waals surface area contributed by atoms with Crippen molar-refractivity contribution in [1.82, 2.24) is 9.80 Å². The molecule has 0 saturated carbocycles. The highest BCUT2D eigenvalue weighted by Gasteiger charge is 2.34. The van der Waals surface area contributed by atoms with E-state index in [1.165, 1.54) is 5.56 Å². The van der Waals surface area contributed by atoms with Crippen LogP contribution in [0.2, 0.25) is 0 Å². The first-order chi connectivity index (χ1) is 11.0. The van der Waals surface area contributed by atoms with Crippen LogP contribution in [0.25, 0.3) is 0 Å². The van der Waals surface area contributed by atoms with E-state index in [1.54, 1.807) is 0 Å². The first kappa shape index (κ1) is 16.5. The molecule has 23 heavy (non-hydrogen) atoms. The zero-order chi connectivity index (χ0) is 16.3. The zero-order valence-electron chi connectivity index (χ0n) is 13.4. The predicted molar refractivity (Wildman–Crippen MR) is 90.0 cm³/mol. The van der Waals surface area contributed by atoms with Gasteiger partial charge in [-0.3, -0.25) is 9.69 Å². The molecule has 5 nitrogen and oxygen atoms in total. The molecule has 0 unspecified atom stereocenters. The van der Waals surface area contributed by atoms with E-state index in [2.05, 4.69) is 4.90 Å². The number of hydrogen-bond acceptors (Lipinski definition) is 4. The van der Waals surface area contributed by atoms with Gasteiger partial charge in [0, 0.05) is 38.6 Å². The van der Waals surface area contributed by atoms with Crippen molar-refractivity contribution in [2.24, 2.45) is 0 Å². The highest BCUT2D eigenvalue weighted by molar-refractivity contribution is 7.91. The largest absolute Gasteiger partial charge is 0.340 e.